The molecule has 0 atom stereocenters. The van der Waals surface area contributed by atoms with Crippen molar-refractivity contribution in [3.8, 4) is 0 Å². The molecule has 0 aliphatic carbocycles. The van der Waals surface area contributed by atoms with Crippen LogP contribution < -0.4 is 5.73 Å². The fourth-order valence-corrected chi connectivity index (χ4v) is 1.56. The first-order valence-electron chi connectivity index (χ1n) is 5.17. The quantitative estimate of drug-likeness (QED) is 0.806. The largest absolute Gasteiger partial charge is 0.368 e. The van der Waals surface area contributed by atoms with E-state index in [2.05, 4.69) is 10.1 Å². The van der Waals surface area contributed by atoms with Gasteiger partial charge in [-0.2, -0.15) is 5.10 Å². The Labute approximate surface area is 98.6 Å². The lowest BCUT2D eigenvalue weighted by atomic mass is 10.1. The van der Waals surface area contributed by atoms with E-state index >= 15 is 0 Å². The van der Waals surface area contributed by atoms with Gasteiger partial charge in [-0.3, -0.25) is 0 Å². The Morgan fingerprint density at radius 3 is 2.71 bits per heavy atom. The smallest absolute Gasteiger partial charge is 0.221 e. The lowest BCUT2D eigenvalue weighted by Gasteiger charge is -1.98. The third-order valence-electron chi connectivity index (χ3n) is 2.23. The van der Waals surface area contributed by atoms with Crippen molar-refractivity contribution in [3.05, 3.63) is 47.0 Å². The van der Waals surface area contributed by atoms with E-state index < -0.39 is 0 Å². The summed E-state index contributed by atoms with van der Waals surface area (Å²) < 4.78 is 14.6. The van der Waals surface area contributed by atoms with Crippen LogP contribution >= 0.6 is 0 Å². The van der Waals surface area contributed by atoms with E-state index in [0.717, 1.165) is 11.3 Å². The van der Waals surface area contributed by atoms with Gasteiger partial charge in [-0.15, -0.1) is 0 Å². The predicted octanol–water partition coefficient (Wildman–Crippen LogP) is 2.10. The monoisotopic (exact) mass is 232 g/mol. The zero-order valence-corrected chi connectivity index (χ0v) is 9.68. The molecule has 5 heteroatoms. The number of nitrogens with zero attached hydrogens (tertiary/aromatic N) is 3. The Bertz CT molecular complexity index is 552. The standard InChI is InChI=1S/C12H13FN4/c1-8-3-10(5-11(13)4-8)6-15-17-7-9(2)16-12(17)14/h3-7H,1-2H3,(H2,14,16). The van der Waals surface area contributed by atoms with Crippen molar-refractivity contribution in [1.82, 2.24) is 9.66 Å². The molecule has 0 aliphatic heterocycles. The number of nitrogen functional groups attached to an aromatic ring is 1. The summed E-state index contributed by atoms with van der Waals surface area (Å²) >= 11 is 0. The van der Waals surface area contributed by atoms with Crippen molar-refractivity contribution in [2.24, 2.45) is 5.10 Å². The van der Waals surface area contributed by atoms with Crippen LogP contribution in [-0.2, 0) is 0 Å². The van der Waals surface area contributed by atoms with Gasteiger partial charge in [0.25, 0.3) is 0 Å². The maximum atomic E-state index is 13.1. The molecular weight excluding hydrogens is 219 g/mol. The van der Waals surface area contributed by atoms with Crippen LogP contribution in [0.15, 0.2) is 29.5 Å². The van der Waals surface area contributed by atoms with Crippen LogP contribution in [0.3, 0.4) is 0 Å². The lowest BCUT2D eigenvalue weighted by molar-refractivity contribution is 0.626. The number of aromatic nitrogens is 2. The van der Waals surface area contributed by atoms with Crippen LogP contribution in [0, 0.1) is 19.7 Å². The predicted molar refractivity (Wildman–Crippen MR) is 65.5 cm³/mol. The Hall–Kier alpha value is -2.17. The summed E-state index contributed by atoms with van der Waals surface area (Å²) in [6.07, 6.45) is 3.26. The lowest BCUT2D eigenvalue weighted by Crippen LogP contribution is -1.97. The first-order chi connectivity index (χ1) is 8.04. The molecule has 4 nitrogen and oxygen atoms in total. The van der Waals surface area contributed by atoms with Crippen LogP contribution in [0.4, 0.5) is 10.3 Å². The van der Waals surface area contributed by atoms with Crippen LogP contribution in [-0.4, -0.2) is 15.9 Å². The second-order valence-corrected chi connectivity index (χ2v) is 3.89. The summed E-state index contributed by atoms with van der Waals surface area (Å²) in [7, 11) is 0. The van der Waals surface area contributed by atoms with Gasteiger partial charge in [0, 0.05) is 0 Å². The zero-order chi connectivity index (χ0) is 12.4. The van der Waals surface area contributed by atoms with Crippen molar-refractivity contribution in [2.75, 3.05) is 5.73 Å². The number of halogens is 1. The molecule has 17 heavy (non-hydrogen) atoms. The van der Waals surface area contributed by atoms with Crippen LogP contribution in [0.25, 0.3) is 0 Å². The molecule has 0 radical (unpaired) electrons. The van der Waals surface area contributed by atoms with Crippen molar-refractivity contribution < 1.29 is 4.39 Å². The minimum atomic E-state index is -0.277. The summed E-state index contributed by atoms with van der Waals surface area (Å²) in [4.78, 5) is 4.01. The van der Waals surface area contributed by atoms with Gasteiger partial charge < -0.3 is 5.73 Å². The van der Waals surface area contributed by atoms with Gasteiger partial charge in [-0.05, 0) is 37.1 Å². The Kier molecular flexibility index (Phi) is 2.91. The maximum Gasteiger partial charge on any atom is 0.221 e. The van der Waals surface area contributed by atoms with Gasteiger partial charge in [0.05, 0.1) is 18.1 Å². The van der Waals surface area contributed by atoms with Gasteiger partial charge in [0.1, 0.15) is 5.82 Å². The Balaban J connectivity index is 2.28. The molecule has 2 aromatic rings. The van der Waals surface area contributed by atoms with E-state index in [0.29, 0.717) is 11.5 Å². The fourth-order valence-electron chi connectivity index (χ4n) is 1.56. The van der Waals surface area contributed by atoms with E-state index in [1.165, 1.54) is 16.8 Å². The molecule has 0 fully saturated rings. The number of hydrogen-bond donors (Lipinski definition) is 1. The van der Waals surface area contributed by atoms with Crippen molar-refractivity contribution >= 4 is 12.2 Å². The average molecular weight is 232 g/mol. The number of nitrogens with two attached hydrogens (primary N) is 1. The van der Waals surface area contributed by atoms with Crippen LogP contribution in [0.1, 0.15) is 16.8 Å². The molecule has 1 aromatic heterocycles. The van der Waals surface area contributed by atoms with E-state index in [-0.39, 0.29) is 5.82 Å². The van der Waals surface area contributed by atoms with Gasteiger partial charge in [-0.25, -0.2) is 14.1 Å². The average Bonchev–Trinajstić information content (AvgIpc) is 2.53. The van der Waals surface area contributed by atoms with Crippen LogP contribution in [0.2, 0.25) is 0 Å². The third kappa shape index (κ3) is 2.69. The number of hydrogen-bond acceptors (Lipinski definition) is 3. The van der Waals surface area contributed by atoms with E-state index in [4.69, 9.17) is 5.73 Å². The topological polar surface area (TPSA) is 56.2 Å². The molecule has 0 spiro atoms. The molecule has 88 valence electrons. The first kappa shape index (κ1) is 11.3. The summed E-state index contributed by atoms with van der Waals surface area (Å²) in [5.41, 5.74) is 7.95. The van der Waals surface area contributed by atoms with Crippen molar-refractivity contribution in [3.63, 3.8) is 0 Å². The molecule has 0 aliphatic rings. The Morgan fingerprint density at radius 1 is 1.35 bits per heavy atom. The molecular formula is C12H13FN4. The van der Waals surface area contributed by atoms with Gasteiger partial charge in [0.15, 0.2) is 0 Å². The number of anilines is 1. The molecule has 0 bridgehead atoms. The maximum absolute atomic E-state index is 13.1. The Morgan fingerprint density at radius 2 is 2.12 bits per heavy atom. The van der Waals surface area contributed by atoms with Crippen molar-refractivity contribution in [2.45, 2.75) is 13.8 Å². The summed E-state index contributed by atoms with van der Waals surface area (Å²) in [6, 6.07) is 4.72. The highest BCUT2D eigenvalue weighted by Gasteiger charge is 1.99. The molecule has 0 saturated carbocycles. The van der Waals surface area contributed by atoms with Crippen molar-refractivity contribution in [1.29, 1.82) is 0 Å². The number of imidazole rings is 1. The number of aryl methyl sites for hydroxylation is 2. The minimum Gasteiger partial charge on any atom is -0.368 e. The minimum absolute atomic E-state index is 0.277. The normalized spacial score (nSPS) is 11.2. The highest BCUT2D eigenvalue weighted by Crippen LogP contribution is 2.07. The molecule has 1 heterocycles. The second kappa shape index (κ2) is 4.37. The number of benzene rings is 1. The van der Waals surface area contributed by atoms with E-state index in [9.17, 15) is 4.39 Å². The summed E-state index contributed by atoms with van der Waals surface area (Å²) in [5.74, 6) is 0.0353. The van der Waals surface area contributed by atoms with Gasteiger partial charge >= 0.3 is 0 Å². The molecule has 2 N–H and O–H groups in total. The van der Waals surface area contributed by atoms with E-state index in [1.54, 1.807) is 12.4 Å². The molecule has 1 aromatic carbocycles. The SMILES string of the molecule is Cc1cc(F)cc(C=Nn2cc(C)nc2N)c1. The van der Waals surface area contributed by atoms with Gasteiger partial charge in [-0.1, -0.05) is 6.07 Å². The molecule has 2 rings (SSSR count). The highest BCUT2D eigenvalue weighted by molar-refractivity contribution is 5.79. The molecule has 0 unspecified atom stereocenters. The third-order valence-corrected chi connectivity index (χ3v) is 2.23. The summed E-state index contributed by atoms with van der Waals surface area (Å²) in [5, 5.41) is 4.12. The first-order valence-corrected chi connectivity index (χ1v) is 5.17. The fraction of sp³-hybridized carbons (Fsp3) is 0.167. The molecule has 0 saturated heterocycles. The summed E-state index contributed by atoms with van der Waals surface area (Å²) in [6.45, 7) is 3.66. The molecule has 0 amide bonds. The highest BCUT2D eigenvalue weighted by atomic mass is 19.1. The van der Waals surface area contributed by atoms with E-state index in [1.807, 2.05) is 19.9 Å². The van der Waals surface area contributed by atoms with Crippen LogP contribution in [0.5, 0.6) is 0 Å². The zero-order valence-electron chi connectivity index (χ0n) is 9.68. The second-order valence-electron chi connectivity index (χ2n) is 3.89. The van der Waals surface area contributed by atoms with Gasteiger partial charge in [0.2, 0.25) is 5.95 Å². The number of rotatable bonds is 2.